The van der Waals surface area contributed by atoms with Gasteiger partial charge in [0.25, 0.3) is 0 Å². The molecule has 0 radical (unpaired) electrons. The second-order valence-electron chi connectivity index (χ2n) is 4.92. The van der Waals surface area contributed by atoms with Crippen molar-refractivity contribution in [1.29, 1.82) is 0 Å². The van der Waals surface area contributed by atoms with Gasteiger partial charge >= 0.3 is 0 Å². The first-order valence-corrected chi connectivity index (χ1v) is 6.60. The van der Waals surface area contributed by atoms with Crippen LogP contribution in [0.3, 0.4) is 0 Å². The molecule has 3 atom stereocenters. The van der Waals surface area contributed by atoms with E-state index in [2.05, 4.69) is 29.9 Å². The van der Waals surface area contributed by atoms with Gasteiger partial charge in [-0.3, -0.25) is 9.88 Å². The molecule has 1 aromatic heterocycles. The zero-order valence-corrected chi connectivity index (χ0v) is 11.6. The van der Waals surface area contributed by atoms with Crippen LogP contribution in [-0.4, -0.2) is 40.7 Å². The standard InChI is InChI=1S/C14H25N3O/c1-4-13(15)14(12-6-5-8-16-10-12)17(3)9-7-11(2)18/h5-6,8,10-11,13-14,18H,4,7,9,15H2,1-3H3. The summed E-state index contributed by atoms with van der Waals surface area (Å²) < 4.78 is 0. The summed E-state index contributed by atoms with van der Waals surface area (Å²) >= 11 is 0. The first-order chi connectivity index (χ1) is 8.56. The molecule has 3 unspecified atom stereocenters. The Morgan fingerprint density at radius 1 is 1.50 bits per heavy atom. The summed E-state index contributed by atoms with van der Waals surface area (Å²) in [5.74, 6) is 0. The average Bonchev–Trinajstić information content (AvgIpc) is 2.37. The van der Waals surface area contributed by atoms with Crippen molar-refractivity contribution in [2.75, 3.05) is 13.6 Å². The molecule has 18 heavy (non-hydrogen) atoms. The molecule has 0 aliphatic carbocycles. The molecule has 1 aromatic rings. The normalized spacial score (nSPS) is 16.6. The van der Waals surface area contributed by atoms with Crippen LogP contribution >= 0.6 is 0 Å². The molecule has 0 saturated carbocycles. The highest BCUT2D eigenvalue weighted by Crippen LogP contribution is 2.23. The van der Waals surface area contributed by atoms with E-state index in [0.717, 1.165) is 24.9 Å². The largest absolute Gasteiger partial charge is 0.393 e. The lowest BCUT2D eigenvalue weighted by atomic mass is 9.98. The first-order valence-electron chi connectivity index (χ1n) is 6.60. The van der Waals surface area contributed by atoms with Crippen LogP contribution in [0.2, 0.25) is 0 Å². The Balaban J connectivity index is 2.78. The molecule has 0 amide bonds. The number of aliphatic hydroxyl groups is 1. The van der Waals surface area contributed by atoms with Gasteiger partial charge in [-0.2, -0.15) is 0 Å². The molecule has 4 heteroatoms. The molecule has 4 nitrogen and oxygen atoms in total. The van der Waals surface area contributed by atoms with Crippen molar-refractivity contribution in [2.45, 2.75) is 44.9 Å². The van der Waals surface area contributed by atoms with Gasteiger partial charge in [0.1, 0.15) is 0 Å². The van der Waals surface area contributed by atoms with E-state index in [1.165, 1.54) is 0 Å². The fraction of sp³-hybridized carbons (Fsp3) is 0.643. The number of likely N-dealkylation sites (N-methyl/N-ethyl adjacent to an activating group) is 1. The Labute approximate surface area is 110 Å². The van der Waals surface area contributed by atoms with Crippen LogP contribution in [0.25, 0.3) is 0 Å². The van der Waals surface area contributed by atoms with E-state index in [4.69, 9.17) is 5.73 Å². The molecule has 0 aliphatic heterocycles. The number of pyridine rings is 1. The number of rotatable bonds is 7. The number of aromatic nitrogens is 1. The van der Waals surface area contributed by atoms with E-state index in [9.17, 15) is 5.11 Å². The smallest absolute Gasteiger partial charge is 0.0524 e. The monoisotopic (exact) mass is 251 g/mol. The lowest BCUT2D eigenvalue weighted by Crippen LogP contribution is -2.39. The van der Waals surface area contributed by atoms with Gasteiger partial charge in [-0.1, -0.05) is 13.0 Å². The third-order valence-corrected chi connectivity index (χ3v) is 3.28. The molecule has 3 N–H and O–H groups in total. The molecule has 1 heterocycles. The maximum absolute atomic E-state index is 9.38. The maximum Gasteiger partial charge on any atom is 0.0524 e. The van der Waals surface area contributed by atoms with Crippen LogP contribution in [0, 0.1) is 0 Å². The van der Waals surface area contributed by atoms with Gasteiger partial charge in [-0.05, 0) is 38.4 Å². The number of nitrogens with zero attached hydrogens (tertiary/aromatic N) is 2. The Bertz CT molecular complexity index is 329. The molecule has 1 rings (SSSR count). The van der Waals surface area contributed by atoms with Crippen LogP contribution < -0.4 is 5.73 Å². The predicted molar refractivity (Wildman–Crippen MR) is 74.2 cm³/mol. The summed E-state index contributed by atoms with van der Waals surface area (Å²) in [6, 6.07) is 4.23. The number of hydrogen-bond donors (Lipinski definition) is 2. The van der Waals surface area contributed by atoms with Gasteiger partial charge in [0.05, 0.1) is 12.1 Å². The van der Waals surface area contributed by atoms with E-state index < -0.39 is 0 Å². The van der Waals surface area contributed by atoms with E-state index >= 15 is 0 Å². The lowest BCUT2D eigenvalue weighted by Gasteiger charge is -2.32. The zero-order chi connectivity index (χ0) is 13.5. The highest BCUT2D eigenvalue weighted by atomic mass is 16.3. The molecule has 0 aliphatic rings. The molecule has 0 fully saturated rings. The Kier molecular flexibility index (Phi) is 6.25. The third kappa shape index (κ3) is 4.37. The molecule has 102 valence electrons. The summed E-state index contributed by atoms with van der Waals surface area (Å²) in [6.07, 6.45) is 5.04. The van der Waals surface area contributed by atoms with Crippen molar-refractivity contribution in [3.63, 3.8) is 0 Å². The lowest BCUT2D eigenvalue weighted by molar-refractivity contribution is 0.140. The number of aliphatic hydroxyl groups excluding tert-OH is 1. The van der Waals surface area contributed by atoms with Gasteiger partial charge in [-0.25, -0.2) is 0 Å². The average molecular weight is 251 g/mol. The van der Waals surface area contributed by atoms with Crippen molar-refractivity contribution in [2.24, 2.45) is 5.73 Å². The molecule has 0 aromatic carbocycles. The maximum atomic E-state index is 9.38. The molecule has 0 bridgehead atoms. The Morgan fingerprint density at radius 2 is 2.22 bits per heavy atom. The number of nitrogens with two attached hydrogens (primary N) is 1. The van der Waals surface area contributed by atoms with Crippen molar-refractivity contribution in [3.05, 3.63) is 30.1 Å². The molecular weight excluding hydrogens is 226 g/mol. The Hall–Kier alpha value is -0.970. The van der Waals surface area contributed by atoms with Crippen LogP contribution in [-0.2, 0) is 0 Å². The van der Waals surface area contributed by atoms with E-state index in [1.54, 1.807) is 6.20 Å². The Morgan fingerprint density at radius 3 is 2.72 bits per heavy atom. The van der Waals surface area contributed by atoms with Crippen molar-refractivity contribution >= 4 is 0 Å². The fourth-order valence-corrected chi connectivity index (χ4v) is 2.13. The second kappa shape index (κ2) is 7.46. The summed E-state index contributed by atoms with van der Waals surface area (Å²) in [5, 5.41) is 9.38. The highest BCUT2D eigenvalue weighted by molar-refractivity contribution is 5.16. The van der Waals surface area contributed by atoms with Gasteiger partial charge in [0.2, 0.25) is 0 Å². The van der Waals surface area contributed by atoms with Crippen molar-refractivity contribution in [1.82, 2.24) is 9.88 Å². The first kappa shape index (κ1) is 15.1. The summed E-state index contributed by atoms with van der Waals surface area (Å²) in [7, 11) is 2.05. The SMILES string of the molecule is CCC(N)C(c1cccnc1)N(C)CCC(C)O. The molecule has 0 saturated heterocycles. The molecular formula is C14H25N3O. The van der Waals surface area contributed by atoms with E-state index in [1.807, 2.05) is 19.2 Å². The van der Waals surface area contributed by atoms with Crippen LogP contribution in [0.1, 0.15) is 38.3 Å². The van der Waals surface area contributed by atoms with Gasteiger partial charge in [0.15, 0.2) is 0 Å². The van der Waals surface area contributed by atoms with Gasteiger partial charge < -0.3 is 10.8 Å². The number of hydrogen-bond acceptors (Lipinski definition) is 4. The van der Waals surface area contributed by atoms with Gasteiger partial charge in [-0.15, -0.1) is 0 Å². The minimum atomic E-state index is -0.278. The highest BCUT2D eigenvalue weighted by Gasteiger charge is 2.23. The van der Waals surface area contributed by atoms with Crippen molar-refractivity contribution in [3.8, 4) is 0 Å². The summed E-state index contributed by atoms with van der Waals surface area (Å²) in [5.41, 5.74) is 7.36. The second-order valence-corrected chi connectivity index (χ2v) is 4.92. The van der Waals surface area contributed by atoms with E-state index in [0.29, 0.717) is 0 Å². The summed E-state index contributed by atoms with van der Waals surface area (Å²) in [4.78, 5) is 6.37. The van der Waals surface area contributed by atoms with Crippen LogP contribution in [0.5, 0.6) is 0 Å². The van der Waals surface area contributed by atoms with Crippen LogP contribution in [0.4, 0.5) is 0 Å². The minimum Gasteiger partial charge on any atom is -0.393 e. The topological polar surface area (TPSA) is 62.4 Å². The third-order valence-electron chi connectivity index (χ3n) is 3.28. The predicted octanol–water partition coefficient (Wildman–Crippen LogP) is 1.56. The quantitative estimate of drug-likeness (QED) is 0.772. The minimum absolute atomic E-state index is 0.0770. The molecule has 0 spiro atoms. The van der Waals surface area contributed by atoms with E-state index in [-0.39, 0.29) is 18.2 Å². The summed E-state index contributed by atoms with van der Waals surface area (Å²) in [6.45, 7) is 4.73. The van der Waals surface area contributed by atoms with Crippen LogP contribution in [0.15, 0.2) is 24.5 Å². The van der Waals surface area contributed by atoms with Crippen molar-refractivity contribution < 1.29 is 5.11 Å². The van der Waals surface area contributed by atoms with Gasteiger partial charge in [0, 0.05) is 25.0 Å². The zero-order valence-electron chi connectivity index (χ0n) is 11.6. The fourth-order valence-electron chi connectivity index (χ4n) is 2.13.